The Bertz CT molecular complexity index is 2690. The summed E-state index contributed by atoms with van der Waals surface area (Å²) in [7, 11) is 0. The van der Waals surface area contributed by atoms with Crippen LogP contribution in [0.25, 0.3) is 81.1 Å². The number of nitrogens with zero attached hydrogens (tertiary/aromatic N) is 3. The number of aromatic nitrogens is 3. The summed E-state index contributed by atoms with van der Waals surface area (Å²) in [5.41, 5.74) is 8.48. The molecule has 45 heavy (non-hydrogen) atoms. The highest BCUT2D eigenvalue weighted by Crippen LogP contribution is 2.50. The van der Waals surface area contributed by atoms with Crippen LogP contribution >= 0.6 is 11.3 Å². The summed E-state index contributed by atoms with van der Waals surface area (Å²) >= 11 is 1.84. The third-order valence-electron chi connectivity index (χ3n) is 9.73. The van der Waals surface area contributed by atoms with Crippen molar-refractivity contribution in [2.24, 2.45) is 0 Å². The Kier molecular flexibility index (Phi) is 4.94. The third kappa shape index (κ3) is 3.35. The molecule has 3 nitrogen and oxygen atoms in total. The smallest absolute Gasteiger partial charge is 0.165 e. The van der Waals surface area contributed by atoms with Gasteiger partial charge in [0.2, 0.25) is 0 Å². The number of hydrogen-bond acceptors (Lipinski definition) is 3. The molecule has 1 aliphatic carbocycles. The van der Waals surface area contributed by atoms with Gasteiger partial charge in [-0.2, -0.15) is 0 Å². The Morgan fingerprint density at radius 1 is 0.556 bits per heavy atom. The first-order chi connectivity index (χ1) is 22.1. The monoisotopic (exact) mass is 593 g/mol. The first-order valence-corrected chi connectivity index (χ1v) is 16.2. The second-order valence-electron chi connectivity index (χ2n) is 12.6. The largest absolute Gasteiger partial charge is 0.292 e. The summed E-state index contributed by atoms with van der Waals surface area (Å²) in [6.45, 7) is 4.56. The molecule has 1 aliphatic rings. The van der Waals surface area contributed by atoms with Crippen molar-refractivity contribution in [3.63, 3.8) is 0 Å². The molecule has 3 aromatic heterocycles. The SMILES string of the molecule is CC1(C)c2ccccc2-c2nc(-n3c4ccccc4c4cc5ccccc5cc43)c(-c3cccc4sc5ccccc5c34)nc21. The number of fused-ring (bicyclic) bond motifs is 10. The Hall–Kier alpha value is -5.32. The van der Waals surface area contributed by atoms with E-state index in [2.05, 4.69) is 146 Å². The molecule has 10 rings (SSSR count). The predicted octanol–water partition coefficient (Wildman–Crippen LogP) is 11.1. The van der Waals surface area contributed by atoms with Gasteiger partial charge < -0.3 is 0 Å². The number of thiophene rings is 1. The van der Waals surface area contributed by atoms with Crippen molar-refractivity contribution in [2.75, 3.05) is 0 Å². The fourth-order valence-electron chi connectivity index (χ4n) is 7.60. The molecule has 3 heterocycles. The topological polar surface area (TPSA) is 30.7 Å². The molecule has 0 N–H and O–H groups in total. The first-order valence-electron chi connectivity index (χ1n) is 15.4. The van der Waals surface area contributed by atoms with Gasteiger partial charge in [-0.15, -0.1) is 11.3 Å². The van der Waals surface area contributed by atoms with E-state index >= 15 is 0 Å². The lowest BCUT2D eigenvalue weighted by atomic mass is 9.85. The molecule has 212 valence electrons. The van der Waals surface area contributed by atoms with Crippen molar-refractivity contribution >= 4 is 64.1 Å². The van der Waals surface area contributed by atoms with Gasteiger partial charge in [0.15, 0.2) is 5.82 Å². The van der Waals surface area contributed by atoms with Gasteiger partial charge in [-0.3, -0.25) is 4.57 Å². The summed E-state index contributed by atoms with van der Waals surface area (Å²) in [6.07, 6.45) is 0. The predicted molar refractivity (Wildman–Crippen MR) is 190 cm³/mol. The van der Waals surface area contributed by atoms with Crippen LogP contribution in [0.15, 0.2) is 127 Å². The van der Waals surface area contributed by atoms with Crippen LogP contribution in [-0.2, 0) is 5.41 Å². The molecule has 0 atom stereocenters. The molecule has 0 saturated carbocycles. The van der Waals surface area contributed by atoms with E-state index in [1.165, 1.54) is 52.8 Å². The number of benzene rings is 6. The Labute approximate surface area is 264 Å². The van der Waals surface area contributed by atoms with Crippen molar-refractivity contribution in [1.29, 1.82) is 0 Å². The molecule has 6 aromatic carbocycles. The Morgan fingerprint density at radius 3 is 2.13 bits per heavy atom. The number of hydrogen-bond donors (Lipinski definition) is 0. The van der Waals surface area contributed by atoms with Crippen LogP contribution in [0.4, 0.5) is 0 Å². The van der Waals surface area contributed by atoms with Crippen molar-refractivity contribution < 1.29 is 0 Å². The molecule has 0 spiro atoms. The highest BCUT2D eigenvalue weighted by molar-refractivity contribution is 7.25. The van der Waals surface area contributed by atoms with Gasteiger partial charge in [0, 0.05) is 47.5 Å². The van der Waals surface area contributed by atoms with Crippen LogP contribution in [-0.4, -0.2) is 14.5 Å². The molecule has 0 fully saturated rings. The maximum Gasteiger partial charge on any atom is 0.165 e. The molecule has 0 bridgehead atoms. The van der Waals surface area contributed by atoms with E-state index in [0.29, 0.717) is 0 Å². The van der Waals surface area contributed by atoms with Gasteiger partial charge in [0.05, 0.1) is 22.4 Å². The van der Waals surface area contributed by atoms with E-state index < -0.39 is 0 Å². The standard InChI is InChI=1S/C41H27N3S/c1-41(2)31-18-8-5-15-27(31)37-39(41)42-38(29-17-11-21-35-36(29)28-16-7-10-20-34(28)45-35)40(43-37)44-32-19-9-6-14-26(32)30-22-24-12-3-4-13-25(24)23-33(30)44/h3-23H,1-2H3. The summed E-state index contributed by atoms with van der Waals surface area (Å²) in [4.78, 5) is 11.3. The Balaban J connectivity index is 1.41. The van der Waals surface area contributed by atoms with Gasteiger partial charge >= 0.3 is 0 Å². The zero-order valence-corrected chi connectivity index (χ0v) is 25.7. The van der Waals surface area contributed by atoms with E-state index in [0.717, 1.165) is 39.5 Å². The minimum absolute atomic E-state index is 0.270. The van der Waals surface area contributed by atoms with E-state index in [4.69, 9.17) is 9.97 Å². The van der Waals surface area contributed by atoms with Gasteiger partial charge in [-0.25, -0.2) is 9.97 Å². The molecule has 0 amide bonds. The van der Waals surface area contributed by atoms with Crippen molar-refractivity contribution in [1.82, 2.24) is 14.5 Å². The molecular weight excluding hydrogens is 567 g/mol. The number of para-hydroxylation sites is 1. The molecule has 9 aromatic rings. The molecular formula is C41H27N3S. The average molecular weight is 594 g/mol. The van der Waals surface area contributed by atoms with E-state index in [-0.39, 0.29) is 5.41 Å². The van der Waals surface area contributed by atoms with Crippen LogP contribution in [0, 0.1) is 0 Å². The fourth-order valence-corrected chi connectivity index (χ4v) is 8.74. The van der Waals surface area contributed by atoms with Crippen LogP contribution in [0.2, 0.25) is 0 Å². The summed E-state index contributed by atoms with van der Waals surface area (Å²) in [6, 6.07) is 46.0. The zero-order valence-electron chi connectivity index (χ0n) is 24.9. The first kappa shape index (κ1) is 25.1. The van der Waals surface area contributed by atoms with Gasteiger partial charge in [-0.1, -0.05) is 111 Å². The van der Waals surface area contributed by atoms with Crippen LogP contribution in [0.5, 0.6) is 0 Å². The van der Waals surface area contributed by atoms with E-state index in [9.17, 15) is 0 Å². The van der Waals surface area contributed by atoms with E-state index in [1.54, 1.807) is 0 Å². The molecule has 0 unspecified atom stereocenters. The summed E-state index contributed by atoms with van der Waals surface area (Å²) in [5.74, 6) is 0.866. The lowest BCUT2D eigenvalue weighted by molar-refractivity contribution is 0.635. The quantitative estimate of drug-likeness (QED) is 0.200. The maximum atomic E-state index is 5.68. The lowest BCUT2D eigenvalue weighted by Crippen LogP contribution is -2.18. The lowest BCUT2D eigenvalue weighted by Gasteiger charge is -2.22. The summed E-state index contributed by atoms with van der Waals surface area (Å²) < 4.78 is 4.91. The van der Waals surface area contributed by atoms with E-state index in [1.807, 2.05) is 11.3 Å². The zero-order chi connectivity index (χ0) is 29.9. The third-order valence-corrected chi connectivity index (χ3v) is 10.9. The van der Waals surface area contributed by atoms with Gasteiger partial charge in [-0.05, 0) is 46.7 Å². The second-order valence-corrected chi connectivity index (χ2v) is 13.7. The van der Waals surface area contributed by atoms with Gasteiger partial charge in [0.1, 0.15) is 5.69 Å². The summed E-state index contributed by atoms with van der Waals surface area (Å²) in [5, 5.41) is 7.38. The maximum absolute atomic E-state index is 5.68. The highest BCUT2D eigenvalue weighted by Gasteiger charge is 2.39. The minimum Gasteiger partial charge on any atom is -0.292 e. The fraction of sp³-hybridized carbons (Fsp3) is 0.0732. The normalized spacial score (nSPS) is 13.7. The highest BCUT2D eigenvalue weighted by atomic mass is 32.1. The Morgan fingerprint density at radius 2 is 1.24 bits per heavy atom. The molecule has 0 radical (unpaired) electrons. The molecule has 0 saturated heterocycles. The van der Waals surface area contributed by atoms with Crippen LogP contribution in [0.1, 0.15) is 25.1 Å². The average Bonchev–Trinajstić information content (AvgIpc) is 3.69. The second kappa shape index (κ2) is 8.87. The van der Waals surface area contributed by atoms with Crippen molar-refractivity contribution in [3.8, 4) is 28.3 Å². The molecule has 0 aliphatic heterocycles. The number of rotatable bonds is 2. The van der Waals surface area contributed by atoms with Crippen LogP contribution < -0.4 is 0 Å². The molecule has 4 heteroatoms. The van der Waals surface area contributed by atoms with Crippen molar-refractivity contribution in [3.05, 3.63) is 139 Å². The minimum atomic E-state index is -0.270. The van der Waals surface area contributed by atoms with Crippen molar-refractivity contribution in [2.45, 2.75) is 19.3 Å². The van der Waals surface area contributed by atoms with Crippen LogP contribution in [0.3, 0.4) is 0 Å². The van der Waals surface area contributed by atoms with Gasteiger partial charge in [0.25, 0.3) is 0 Å².